The third kappa shape index (κ3) is 3.33. The van der Waals surface area contributed by atoms with Gasteiger partial charge in [-0.25, -0.2) is 19.4 Å². The topological polar surface area (TPSA) is 122 Å². The number of rotatable bonds is 4. The highest BCUT2D eigenvalue weighted by Crippen LogP contribution is 2.24. The summed E-state index contributed by atoms with van der Waals surface area (Å²) in [6.07, 6.45) is 2.86. The molecule has 0 saturated heterocycles. The van der Waals surface area contributed by atoms with E-state index in [-0.39, 0.29) is 22.4 Å². The third-order valence-corrected chi connectivity index (χ3v) is 5.33. The van der Waals surface area contributed by atoms with E-state index in [1.165, 1.54) is 40.6 Å². The Morgan fingerprint density at radius 1 is 1.23 bits per heavy atom. The van der Waals surface area contributed by atoms with Gasteiger partial charge < -0.3 is 5.32 Å². The highest BCUT2D eigenvalue weighted by molar-refractivity contribution is 9.10. The number of nitrogens with zero attached hydrogens (tertiary/aromatic N) is 7. The van der Waals surface area contributed by atoms with Gasteiger partial charge in [-0.15, -0.1) is 0 Å². The number of carbonyl (C=O) groups is 1. The third-order valence-electron chi connectivity index (χ3n) is 4.49. The van der Waals surface area contributed by atoms with Crippen molar-refractivity contribution in [1.82, 2.24) is 33.4 Å². The normalized spacial score (nSPS) is 11.2. The summed E-state index contributed by atoms with van der Waals surface area (Å²) in [5.41, 5.74) is 0.226. The van der Waals surface area contributed by atoms with E-state index in [0.717, 1.165) is 4.57 Å². The van der Waals surface area contributed by atoms with Crippen LogP contribution in [-0.4, -0.2) is 39.4 Å². The summed E-state index contributed by atoms with van der Waals surface area (Å²) in [7, 11) is 2.88. The van der Waals surface area contributed by atoms with Crippen LogP contribution in [0.3, 0.4) is 0 Å². The van der Waals surface area contributed by atoms with Gasteiger partial charge in [0.15, 0.2) is 15.9 Å². The molecule has 3 aromatic heterocycles. The summed E-state index contributed by atoms with van der Waals surface area (Å²) >= 11 is 9.35. The first-order valence-corrected chi connectivity index (χ1v) is 9.71. The van der Waals surface area contributed by atoms with Crippen molar-refractivity contribution in [2.75, 3.05) is 5.32 Å². The minimum absolute atomic E-state index is 0.0744. The number of halogens is 2. The van der Waals surface area contributed by atoms with Crippen molar-refractivity contribution in [2.24, 2.45) is 14.1 Å². The molecule has 4 rings (SSSR count). The number of benzene rings is 1. The van der Waals surface area contributed by atoms with Gasteiger partial charge in [0.25, 0.3) is 5.56 Å². The molecule has 0 unspecified atom stereocenters. The van der Waals surface area contributed by atoms with Gasteiger partial charge in [-0.1, -0.05) is 11.6 Å². The lowest BCUT2D eigenvalue weighted by molar-refractivity contribution is -0.116. The van der Waals surface area contributed by atoms with Crippen LogP contribution >= 0.6 is 27.5 Å². The van der Waals surface area contributed by atoms with E-state index in [2.05, 4.69) is 36.3 Å². The van der Waals surface area contributed by atoms with E-state index < -0.39 is 17.2 Å². The number of nitrogens with one attached hydrogen (secondary N) is 1. The Balaban J connectivity index is 1.72. The first-order valence-electron chi connectivity index (χ1n) is 8.54. The van der Waals surface area contributed by atoms with Crippen LogP contribution in [0.2, 0.25) is 5.02 Å². The summed E-state index contributed by atoms with van der Waals surface area (Å²) in [5, 5.41) is 7.27. The predicted molar refractivity (Wildman–Crippen MR) is 113 cm³/mol. The standard InChI is InChI=1S/C17H14BrClN8O3/c1-24-14-13(15(29)25(2)17(24)30)23-16(18)26(14)6-12(28)22-10-5-9(19)3-4-11(10)27-8-20-7-21-27/h3-5,7-8H,6H2,1-2H3,(H,22,28). The number of anilines is 1. The van der Waals surface area contributed by atoms with E-state index in [1.54, 1.807) is 18.2 Å². The Hall–Kier alpha value is -3.25. The summed E-state index contributed by atoms with van der Waals surface area (Å²) in [6, 6.07) is 4.95. The molecule has 3 heterocycles. The molecule has 1 amide bonds. The number of imidazole rings is 1. The molecule has 0 aliphatic heterocycles. The van der Waals surface area contributed by atoms with Crippen molar-refractivity contribution >= 4 is 50.3 Å². The fraction of sp³-hybridized carbons (Fsp3) is 0.176. The molecule has 11 nitrogen and oxygen atoms in total. The zero-order valence-corrected chi connectivity index (χ0v) is 18.0. The molecule has 30 heavy (non-hydrogen) atoms. The second kappa shape index (κ2) is 7.54. The van der Waals surface area contributed by atoms with E-state index in [1.807, 2.05) is 0 Å². The maximum Gasteiger partial charge on any atom is 0.332 e. The van der Waals surface area contributed by atoms with Crippen LogP contribution in [0.4, 0.5) is 5.69 Å². The molecule has 0 aliphatic carbocycles. The van der Waals surface area contributed by atoms with Gasteiger partial charge in [0.1, 0.15) is 19.2 Å². The van der Waals surface area contributed by atoms with Crippen LogP contribution in [0.25, 0.3) is 16.9 Å². The number of aromatic nitrogens is 7. The molecule has 0 spiro atoms. The highest BCUT2D eigenvalue weighted by atomic mass is 79.9. The van der Waals surface area contributed by atoms with Gasteiger partial charge in [-0.3, -0.25) is 23.3 Å². The van der Waals surface area contributed by atoms with E-state index in [4.69, 9.17) is 11.6 Å². The molecular formula is C17H14BrClN8O3. The molecule has 1 N–H and O–H groups in total. The lowest BCUT2D eigenvalue weighted by atomic mass is 10.2. The van der Waals surface area contributed by atoms with Crippen molar-refractivity contribution < 1.29 is 4.79 Å². The van der Waals surface area contributed by atoms with Crippen molar-refractivity contribution in [3.05, 3.63) is 61.4 Å². The summed E-state index contributed by atoms with van der Waals surface area (Å²) < 4.78 is 5.40. The fourth-order valence-electron chi connectivity index (χ4n) is 3.08. The SMILES string of the molecule is Cn1c(=O)c2nc(Br)n(CC(=O)Nc3cc(Cl)ccc3-n3cncn3)c2n(C)c1=O. The first-order chi connectivity index (χ1) is 14.3. The molecule has 0 saturated carbocycles. The van der Waals surface area contributed by atoms with Crippen molar-refractivity contribution in [2.45, 2.75) is 6.54 Å². The molecular weight excluding hydrogens is 480 g/mol. The number of carbonyl (C=O) groups excluding carboxylic acids is 1. The van der Waals surface area contributed by atoms with Crippen molar-refractivity contribution in [3.8, 4) is 5.69 Å². The number of fused-ring (bicyclic) bond motifs is 1. The average molecular weight is 494 g/mol. The van der Waals surface area contributed by atoms with Crippen LogP contribution in [0.1, 0.15) is 0 Å². The number of hydrogen-bond acceptors (Lipinski definition) is 6. The summed E-state index contributed by atoms with van der Waals surface area (Å²) in [6.45, 7) is -0.207. The van der Waals surface area contributed by atoms with Gasteiger partial charge in [0.05, 0.1) is 11.4 Å². The van der Waals surface area contributed by atoms with Gasteiger partial charge in [-0.05, 0) is 34.1 Å². The Bertz CT molecular complexity index is 1400. The highest BCUT2D eigenvalue weighted by Gasteiger charge is 2.20. The van der Waals surface area contributed by atoms with Crippen molar-refractivity contribution in [1.29, 1.82) is 0 Å². The monoisotopic (exact) mass is 492 g/mol. The average Bonchev–Trinajstić information content (AvgIpc) is 3.34. The Morgan fingerprint density at radius 2 is 2.00 bits per heavy atom. The van der Waals surface area contributed by atoms with Crippen LogP contribution in [0.15, 0.2) is 45.2 Å². The molecule has 0 fully saturated rings. The zero-order valence-electron chi connectivity index (χ0n) is 15.7. The van der Waals surface area contributed by atoms with Gasteiger partial charge in [0, 0.05) is 19.1 Å². The summed E-state index contributed by atoms with van der Waals surface area (Å²) in [4.78, 5) is 45.6. The smallest absolute Gasteiger partial charge is 0.323 e. The number of amides is 1. The Labute approximate surface area is 181 Å². The number of hydrogen-bond donors (Lipinski definition) is 1. The molecule has 0 bridgehead atoms. The molecule has 0 aliphatic rings. The van der Waals surface area contributed by atoms with Crippen LogP contribution < -0.4 is 16.6 Å². The molecule has 0 radical (unpaired) electrons. The van der Waals surface area contributed by atoms with Gasteiger partial charge in [-0.2, -0.15) is 5.10 Å². The maximum atomic E-state index is 12.8. The maximum absolute atomic E-state index is 12.8. The van der Waals surface area contributed by atoms with E-state index in [0.29, 0.717) is 16.4 Å². The first kappa shape index (κ1) is 20.0. The fourth-order valence-corrected chi connectivity index (χ4v) is 3.72. The second-order valence-electron chi connectivity index (χ2n) is 6.39. The quantitative estimate of drug-likeness (QED) is 0.425. The zero-order chi connectivity index (χ0) is 21.6. The van der Waals surface area contributed by atoms with Gasteiger partial charge >= 0.3 is 5.69 Å². The minimum atomic E-state index is -0.545. The molecule has 1 aromatic carbocycles. The minimum Gasteiger partial charge on any atom is -0.323 e. The second-order valence-corrected chi connectivity index (χ2v) is 7.54. The molecule has 4 aromatic rings. The Morgan fingerprint density at radius 3 is 2.70 bits per heavy atom. The van der Waals surface area contributed by atoms with E-state index >= 15 is 0 Å². The molecule has 0 atom stereocenters. The Kier molecular flexibility index (Phi) is 5.03. The van der Waals surface area contributed by atoms with Crippen molar-refractivity contribution in [3.63, 3.8) is 0 Å². The van der Waals surface area contributed by atoms with E-state index in [9.17, 15) is 14.4 Å². The molecule has 13 heteroatoms. The van der Waals surface area contributed by atoms with Crippen LogP contribution in [-0.2, 0) is 25.4 Å². The van der Waals surface area contributed by atoms with Gasteiger partial charge in [0.2, 0.25) is 5.91 Å². The largest absolute Gasteiger partial charge is 0.332 e. The van der Waals surface area contributed by atoms with Crippen LogP contribution in [0.5, 0.6) is 0 Å². The lowest BCUT2D eigenvalue weighted by Crippen LogP contribution is -2.37. The molecule has 154 valence electrons. The number of aryl methyl sites for hydroxylation is 1. The summed E-state index contributed by atoms with van der Waals surface area (Å²) in [5.74, 6) is -0.424. The lowest BCUT2D eigenvalue weighted by Gasteiger charge is -2.13. The van der Waals surface area contributed by atoms with Crippen LogP contribution in [0, 0.1) is 0 Å². The predicted octanol–water partition coefficient (Wildman–Crippen LogP) is 1.07.